The van der Waals surface area contributed by atoms with E-state index in [2.05, 4.69) is 23.7 Å². The first kappa shape index (κ1) is 15.2. The zero-order valence-corrected chi connectivity index (χ0v) is 13.3. The predicted octanol–water partition coefficient (Wildman–Crippen LogP) is 3.51. The number of aromatic nitrogens is 1. The molecule has 2 N–H and O–H groups in total. The van der Waals surface area contributed by atoms with Crippen LogP contribution in [0.15, 0.2) is 18.5 Å². The summed E-state index contributed by atoms with van der Waals surface area (Å²) < 4.78 is 0. The number of nitrogens with zero attached hydrogens (tertiary/aromatic N) is 2. The van der Waals surface area contributed by atoms with Gasteiger partial charge in [-0.2, -0.15) is 0 Å². The van der Waals surface area contributed by atoms with Gasteiger partial charge in [0.15, 0.2) is 0 Å². The van der Waals surface area contributed by atoms with Crippen LogP contribution in [0.1, 0.15) is 51.5 Å². The molecule has 1 aromatic heterocycles. The van der Waals surface area contributed by atoms with Crippen LogP contribution in [0, 0.1) is 5.92 Å². The molecule has 0 spiro atoms. The van der Waals surface area contributed by atoms with Gasteiger partial charge in [-0.05, 0) is 31.2 Å². The summed E-state index contributed by atoms with van der Waals surface area (Å²) in [6.45, 7) is 5.60. The van der Waals surface area contributed by atoms with Crippen LogP contribution in [0.4, 0.5) is 5.69 Å². The first-order chi connectivity index (χ1) is 9.59. The van der Waals surface area contributed by atoms with Crippen molar-refractivity contribution in [3.63, 3.8) is 0 Å². The van der Waals surface area contributed by atoms with Crippen molar-refractivity contribution in [1.82, 2.24) is 4.98 Å². The van der Waals surface area contributed by atoms with Crippen LogP contribution < -0.4 is 10.6 Å². The molecule has 4 heteroatoms. The summed E-state index contributed by atoms with van der Waals surface area (Å²) in [5.74, 6) is 0.698. The minimum absolute atomic E-state index is 0.468. The Morgan fingerprint density at radius 2 is 2.15 bits per heavy atom. The molecule has 3 nitrogen and oxygen atoms in total. The molecule has 1 fully saturated rings. The highest BCUT2D eigenvalue weighted by Gasteiger charge is 2.25. The highest BCUT2D eigenvalue weighted by atomic mass is 32.1. The lowest BCUT2D eigenvalue weighted by molar-refractivity contribution is 0.528. The van der Waals surface area contributed by atoms with Gasteiger partial charge in [-0.25, -0.2) is 0 Å². The first-order valence-electron chi connectivity index (χ1n) is 7.60. The van der Waals surface area contributed by atoms with Crippen LogP contribution >= 0.6 is 12.2 Å². The van der Waals surface area contributed by atoms with Gasteiger partial charge in [-0.1, -0.05) is 38.9 Å². The molecule has 1 aliphatic carbocycles. The summed E-state index contributed by atoms with van der Waals surface area (Å²) in [7, 11) is 0. The molecule has 2 rings (SSSR count). The first-order valence-corrected chi connectivity index (χ1v) is 8.01. The zero-order valence-electron chi connectivity index (χ0n) is 12.5. The van der Waals surface area contributed by atoms with E-state index >= 15 is 0 Å². The molecule has 0 bridgehead atoms. The number of anilines is 1. The van der Waals surface area contributed by atoms with E-state index in [0.717, 1.165) is 17.8 Å². The molecule has 0 aromatic carbocycles. The molecule has 0 saturated heterocycles. The van der Waals surface area contributed by atoms with Crippen LogP contribution in [-0.4, -0.2) is 22.6 Å². The number of pyridine rings is 1. The van der Waals surface area contributed by atoms with Crippen molar-refractivity contribution in [3.05, 3.63) is 24.0 Å². The van der Waals surface area contributed by atoms with E-state index < -0.39 is 0 Å². The van der Waals surface area contributed by atoms with Gasteiger partial charge in [0.25, 0.3) is 0 Å². The lowest BCUT2D eigenvalue weighted by Gasteiger charge is -2.33. The van der Waals surface area contributed by atoms with Gasteiger partial charge in [0.2, 0.25) is 0 Å². The maximum atomic E-state index is 5.88. The molecule has 1 saturated carbocycles. The number of thiocarbonyl (C=S) groups is 1. The highest BCUT2D eigenvalue weighted by Crippen LogP contribution is 2.30. The Hall–Kier alpha value is -1.16. The van der Waals surface area contributed by atoms with Crippen molar-refractivity contribution < 1.29 is 0 Å². The lowest BCUT2D eigenvalue weighted by Crippen LogP contribution is -2.36. The fourth-order valence-corrected chi connectivity index (χ4v) is 3.11. The Balaban J connectivity index is 2.27. The van der Waals surface area contributed by atoms with Crippen LogP contribution in [-0.2, 0) is 0 Å². The fourth-order valence-electron chi connectivity index (χ4n) is 2.94. The lowest BCUT2D eigenvalue weighted by atomic mass is 10.1. The monoisotopic (exact) mass is 291 g/mol. The third kappa shape index (κ3) is 3.69. The van der Waals surface area contributed by atoms with Crippen LogP contribution in [0.3, 0.4) is 0 Å². The Bertz CT molecular complexity index is 453. The Kier molecular flexibility index (Phi) is 5.35. The topological polar surface area (TPSA) is 42.2 Å². The van der Waals surface area contributed by atoms with E-state index in [1.54, 1.807) is 6.20 Å². The summed E-state index contributed by atoms with van der Waals surface area (Å²) in [5, 5.41) is 0. The summed E-state index contributed by atoms with van der Waals surface area (Å²) in [6, 6.07) is 2.56. The average Bonchev–Trinajstić information content (AvgIpc) is 2.93. The van der Waals surface area contributed by atoms with E-state index in [4.69, 9.17) is 18.0 Å². The highest BCUT2D eigenvalue weighted by molar-refractivity contribution is 7.80. The second kappa shape index (κ2) is 7.02. The SMILES string of the molecule is CC(C)CCN(c1cnccc1C(N)=S)C1CCCC1. The largest absolute Gasteiger partial charge is 0.389 e. The quantitative estimate of drug-likeness (QED) is 0.814. The summed E-state index contributed by atoms with van der Waals surface area (Å²) >= 11 is 5.20. The minimum atomic E-state index is 0.468. The van der Waals surface area contributed by atoms with E-state index in [0.29, 0.717) is 16.9 Å². The molecular formula is C16H25N3S. The minimum Gasteiger partial charge on any atom is -0.389 e. The van der Waals surface area contributed by atoms with Crippen LogP contribution in [0.25, 0.3) is 0 Å². The second-order valence-electron chi connectivity index (χ2n) is 6.07. The molecular weight excluding hydrogens is 266 g/mol. The predicted molar refractivity (Wildman–Crippen MR) is 89.2 cm³/mol. The third-order valence-electron chi connectivity index (χ3n) is 4.09. The van der Waals surface area contributed by atoms with Crippen LogP contribution in [0.5, 0.6) is 0 Å². The van der Waals surface area contributed by atoms with Crippen molar-refractivity contribution >= 4 is 22.9 Å². The van der Waals surface area contributed by atoms with Gasteiger partial charge >= 0.3 is 0 Å². The summed E-state index contributed by atoms with van der Waals surface area (Å²) in [4.78, 5) is 7.25. The smallest absolute Gasteiger partial charge is 0.106 e. The van der Waals surface area contributed by atoms with Gasteiger partial charge in [0.1, 0.15) is 4.99 Å². The van der Waals surface area contributed by atoms with Crippen molar-refractivity contribution in [2.45, 2.75) is 52.0 Å². The van der Waals surface area contributed by atoms with Gasteiger partial charge in [-0.15, -0.1) is 0 Å². The van der Waals surface area contributed by atoms with E-state index in [1.165, 1.54) is 32.1 Å². The zero-order chi connectivity index (χ0) is 14.5. The Morgan fingerprint density at radius 1 is 1.45 bits per heavy atom. The number of hydrogen-bond acceptors (Lipinski definition) is 3. The second-order valence-corrected chi connectivity index (χ2v) is 6.51. The molecule has 0 unspecified atom stereocenters. The van der Waals surface area contributed by atoms with Crippen LogP contribution in [0.2, 0.25) is 0 Å². The van der Waals surface area contributed by atoms with Crippen molar-refractivity contribution in [3.8, 4) is 0 Å². The number of hydrogen-bond donors (Lipinski definition) is 1. The molecule has 110 valence electrons. The van der Waals surface area contributed by atoms with E-state index in [-0.39, 0.29) is 0 Å². The average molecular weight is 291 g/mol. The molecule has 20 heavy (non-hydrogen) atoms. The summed E-state index contributed by atoms with van der Waals surface area (Å²) in [5.41, 5.74) is 7.97. The maximum absolute atomic E-state index is 5.88. The Morgan fingerprint density at radius 3 is 2.75 bits per heavy atom. The molecule has 1 aromatic rings. The molecule has 0 atom stereocenters. The third-order valence-corrected chi connectivity index (χ3v) is 4.31. The number of rotatable bonds is 6. The normalized spacial score (nSPS) is 15.8. The molecule has 0 radical (unpaired) electrons. The van der Waals surface area contributed by atoms with Gasteiger partial charge in [0, 0.05) is 24.3 Å². The molecule has 0 amide bonds. The van der Waals surface area contributed by atoms with Crippen molar-refractivity contribution in [2.75, 3.05) is 11.4 Å². The van der Waals surface area contributed by atoms with Gasteiger partial charge < -0.3 is 10.6 Å². The van der Waals surface area contributed by atoms with Crippen molar-refractivity contribution in [1.29, 1.82) is 0 Å². The Labute approximate surface area is 127 Å². The fraction of sp³-hybridized carbons (Fsp3) is 0.625. The standard InChI is InChI=1S/C16H25N3S/c1-12(2)8-10-19(13-5-3-4-6-13)15-11-18-9-7-14(15)16(17)20/h7,9,11-13H,3-6,8,10H2,1-2H3,(H2,17,20). The van der Waals surface area contributed by atoms with Crippen molar-refractivity contribution in [2.24, 2.45) is 11.7 Å². The molecule has 0 aliphatic heterocycles. The molecule has 1 heterocycles. The van der Waals surface area contributed by atoms with E-state index in [1.807, 2.05) is 12.3 Å². The molecule has 1 aliphatic rings. The maximum Gasteiger partial charge on any atom is 0.106 e. The van der Waals surface area contributed by atoms with Gasteiger partial charge in [-0.3, -0.25) is 4.98 Å². The number of nitrogens with two attached hydrogens (primary N) is 1. The van der Waals surface area contributed by atoms with Gasteiger partial charge in [0.05, 0.1) is 11.9 Å². The summed E-state index contributed by atoms with van der Waals surface area (Å²) in [6.07, 6.45) is 10.1. The van der Waals surface area contributed by atoms with E-state index in [9.17, 15) is 0 Å².